The van der Waals surface area contributed by atoms with E-state index >= 15 is 0 Å². The highest BCUT2D eigenvalue weighted by atomic mass is 35.5. The van der Waals surface area contributed by atoms with E-state index < -0.39 is 11.7 Å². The molecule has 0 aliphatic carbocycles. The number of rotatable bonds is 5. The SMILES string of the molecule is CC(CNC(=O)OC(C)(C)C)NCc1cc(Cl)ccc1Cl. The molecule has 4 nitrogen and oxygen atoms in total. The average Bonchev–Trinajstić information content (AvgIpc) is 2.35. The normalized spacial score (nSPS) is 12.9. The molecule has 2 N–H and O–H groups in total. The Morgan fingerprint density at radius 2 is 2.00 bits per heavy atom. The Morgan fingerprint density at radius 1 is 1.33 bits per heavy atom. The predicted molar refractivity (Wildman–Crippen MR) is 87.0 cm³/mol. The number of benzene rings is 1. The second kappa shape index (κ2) is 7.87. The molecule has 0 heterocycles. The molecule has 0 aromatic heterocycles. The molecule has 0 aliphatic rings. The van der Waals surface area contributed by atoms with Crippen LogP contribution in [0.2, 0.25) is 10.0 Å². The molecule has 0 radical (unpaired) electrons. The van der Waals surface area contributed by atoms with Crippen molar-refractivity contribution in [2.45, 2.75) is 45.9 Å². The van der Waals surface area contributed by atoms with Crippen molar-refractivity contribution in [1.82, 2.24) is 10.6 Å². The van der Waals surface area contributed by atoms with Crippen LogP contribution in [0.3, 0.4) is 0 Å². The number of carbonyl (C=O) groups is 1. The Kier molecular flexibility index (Phi) is 6.78. The van der Waals surface area contributed by atoms with Crippen LogP contribution in [0, 0.1) is 0 Å². The number of halogens is 2. The number of carbonyl (C=O) groups excluding carboxylic acids is 1. The van der Waals surface area contributed by atoms with E-state index in [1.54, 1.807) is 12.1 Å². The van der Waals surface area contributed by atoms with Crippen molar-refractivity contribution in [1.29, 1.82) is 0 Å². The highest BCUT2D eigenvalue weighted by Gasteiger charge is 2.16. The van der Waals surface area contributed by atoms with E-state index in [2.05, 4.69) is 10.6 Å². The van der Waals surface area contributed by atoms with E-state index in [0.29, 0.717) is 23.1 Å². The van der Waals surface area contributed by atoms with Gasteiger partial charge in [-0.25, -0.2) is 4.79 Å². The second-order valence-electron chi connectivity index (χ2n) is 5.90. The van der Waals surface area contributed by atoms with Gasteiger partial charge in [-0.3, -0.25) is 0 Å². The van der Waals surface area contributed by atoms with Gasteiger partial charge in [0.15, 0.2) is 0 Å². The Labute approximate surface area is 136 Å². The Hall–Kier alpha value is -0.970. The van der Waals surface area contributed by atoms with Gasteiger partial charge in [0.25, 0.3) is 0 Å². The topological polar surface area (TPSA) is 50.4 Å². The Morgan fingerprint density at radius 3 is 2.62 bits per heavy atom. The minimum atomic E-state index is -0.491. The summed E-state index contributed by atoms with van der Waals surface area (Å²) < 4.78 is 5.17. The molecule has 1 aromatic carbocycles. The van der Waals surface area contributed by atoms with Crippen LogP contribution < -0.4 is 10.6 Å². The molecular weight excluding hydrogens is 311 g/mol. The molecule has 1 amide bonds. The molecule has 0 saturated heterocycles. The Balaban J connectivity index is 2.36. The first-order chi connectivity index (χ1) is 9.67. The maximum Gasteiger partial charge on any atom is 0.407 e. The average molecular weight is 333 g/mol. The lowest BCUT2D eigenvalue weighted by atomic mass is 10.2. The Bertz CT molecular complexity index is 487. The summed E-state index contributed by atoms with van der Waals surface area (Å²) in [6.45, 7) is 8.50. The van der Waals surface area contributed by atoms with Crippen molar-refractivity contribution in [2.75, 3.05) is 6.54 Å². The zero-order valence-electron chi connectivity index (χ0n) is 12.8. The lowest BCUT2D eigenvalue weighted by Gasteiger charge is -2.21. The van der Waals surface area contributed by atoms with Crippen LogP contribution in [-0.2, 0) is 11.3 Å². The molecule has 0 fully saturated rings. The van der Waals surface area contributed by atoms with Gasteiger partial charge in [0, 0.05) is 29.2 Å². The molecule has 0 bridgehead atoms. The number of amides is 1. The van der Waals surface area contributed by atoms with Crippen molar-refractivity contribution in [2.24, 2.45) is 0 Å². The monoisotopic (exact) mass is 332 g/mol. The first-order valence-electron chi connectivity index (χ1n) is 6.81. The quantitative estimate of drug-likeness (QED) is 0.856. The third kappa shape index (κ3) is 7.55. The van der Waals surface area contributed by atoms with Gasteiger partial charge >= 0.3 is 6.09 Å². The van der Waals surface area contributed by atoms with Crippen LogP contribution in [0.4, 0.5) is 4.79 Å². The summed E-state index contributed by atoms with van der Waals surface area (Å²) in [7, 11) is 0. The second-order valence-corrected chi connectivity index (χ2v) is 6.74. The third-order valence-corrected chi connectivity index (χ3v) is 3.20. The zero-order valence-corrected chi connectivity index (χ0v) is 14.3. The molecule has 118 valence electrons. The molecule has 0 spiro atoms. The maximum atomic E-state index is 11.5. The zero-order chi connectivity index (χ0) is 16.0. The summed E-state index contributed by atoms with van der Waals surface area (Å²) in [6, 6.07) is 5.42. The van der Waals surface area contributed by atoms with Crippen LogP contribution in [-0.4, -0.2) is 24.3 Å². The molecule has 1 rings (SSSR count). The van der Waals surface area contributed by atoms with Crippen LogP contribution in [0.1, 0.15) is 33.3 Å². The number of hydrogen-bond donors (Lipinski definition) is 2. The van der Waals surface area contributed by atoms with Crippen LogP contribution >= 0.6 is 23.2 Å². The van der Waals surface area contributed by atoms with Gasteiger partial charge in [0.1, 0.15) is 5.60 Å². The van der Waals surface area contributed by atoms with Gasteiger partial charge in [-0.15, -0.1) is 0 Å². The number of nitrogens with one attached hydrogen (secondary N) is 2. The van der Waals surface area contributed by atoms with E-state index in [0.717, 1.165) is 5.56 Å². The van der Waals surface area contributed by atoms with Crippen LogP contribution in [0.5, 0.6) is 0 Å². The fourth-order valence-corrected chi connectivity index (χ4v) is 1.96. The maximum absolute atomic E-state index is 11.5. The van der Waals surface area contributed by atoms with Crippen molar-refractivity contribution < 1.29 is 9.53 Å². The number of ether oxygens (including phenoxy) is 1. The molecule has 0 aliphatic heterocycles. The molecule has 0 saturated carbocycles. The van der Waals surface area contributed by atoms with E-state index in [4.69, 9.17) is 27.9 Å². The molecule has 21 heavy (non-hydrogen) atoms. The lowest BCUT2D eigenvalue weighted by Crippen LogP contribution is -2.41. The minimum absolute atomic E-state index is 0.0765. The van der Waals surface area contributed by atoms with E-state index in [1.165, 1.54) is 0 Å². The van der Waals surface area contributed by atoms with Gasteiger partial charge in [0.2, 0.25) is 0 Å². The van der Waals surface area contributed by atoms with Gasteiger partial charge < -0.3 is 15.4 Å². The van der Waals surface area contributed by atoms with Gasteiger partial charge in [-0.05, 0) is 51.5 Å². The van der Waals surface area contributed by atoms with E-state index in [1.807, 2.05) is 33.8 Å². The summed E-state index contributed by atoms with van der Waals surface area (Å²) in [5.74, 6) is 0. The smallest absolute Gasteiger partial charge is 0.407 e. The van der Waals surface area contributed by atoms with E-state index in [9.17, 15) is 4.79 Å². The minimum Gasteiger partial charge on any atom is -0.444 e. The van der Waals surface area contributed by atoms with Gasteiger partial charge in [-0.2, -0.15) is 0 Å². The van der Waals surface area contributed by atoms with Crippen LogP contribution in [0.15, 0.2) is 18.2 Å². The molecule has 1 atom stereocenters. The summed E-state index contributed by atoms with van der Waals surface area (Å²) >= 11 is 12.0. The third-order valence-electron chi connectivity index (χ3n) is 2.60. The summed E-state index contributed by atoms with van der Waals surface area (Å²) in [6.07, 6.45) is -0.420. The van der Waals surface area contributed by atoms with Crippen molar-refractivity contribution in [3.8, 4) is 0 Å². The fourth-order valence-electron chi connectivity index (χ4n) is 1.59. The largest absolute Gasteiger partial charge is 0.444 e. The summed E-state index contributed by atoms with van der Waals surface area (Å²) in [5, 5.41) is 7.31. The fraction of sp³-hybridized carbons (Fsp3) is 0.533. The van der Waals surface area contributed by atoms with Gasteiger partial charge in [0.05, 0.1) is 0 Å². The standard InChI is InChI=1S/C15H22Cl2N2O2/c1-10(8-19-14(20)21-15(2,3)4)18-9-11-7-12(16)5-6-13(11)17/h5-7,10,18H,8-9H2,1-4H3,(H,19,20). The van der Waals surface area contributed by atoms with Gasteiger partial charge in [-0.1, -0.05) is 23.2 Å². The molecule has 1 aromatic rings. The molecule has 1 unspecified atom stereocenters. The highest BCUT2D eigenvalue weighted by molar-refractivity contribution is 6.33. The first-order valence-corrected chi connectivity index (χ1v) is 7.57. The summed E-state index contributed by atoms with van der Waals surface area (Å²) in [4.78, 5) is 11.5. The number of alkyl carbamates (subject to hydrolysis) is 1. The van der Waals surface area contributed by atoms with E-state index in [-0.39, 0.29) is 6.04 Å². The summed E-state index contributed by atoms with van der Waals surface area (Å²) in [5.41, 5.74) is 0.433. The van der Waals surface area contributed by atoms with Crippen molar-refractivity contribution >= 4 is 29.3 Å². The predicted octanol–water partition coefficient (Wildman–Crippen LogP) is 4.00. The van der Waals surface area contributed by atoms with Crippen molar-refractivity contribution in [3.05, 3.63) is 33.8 Å². The van der Waals surface area contributed by atoms with Crippen LogP contribution in [0.25, 0.3) is 0 Å². The number of hydrogen-bond acceptors (Lipinski definition) is 3. The lowest BCUT2D eigenvalue weighted by molar-refractivity contribution is 0.0523. The van der Waals surface area contributed by atoms with Crippen molar-refractivity contribution in [3.63, 3.8) is 0 Å². The molecule has 6 heteroatoms. The first kappa shape index (κ1) is 18.1. The molecular formula is C15H22Cl2N2O2. The highest BCUT2D eigenvalue weighted by Crippen LogP contribution is 2.20.